The van der Waals surface area contributed by atoms with E-state index < -0.39 is 0 Å². The van der Waals surface area contributed by atoms with Crippen LogP contribution >= 0.6 is 11.6 Å². The van der Waals surface area contributed by atoms with Crippen LogP contribution in [0.15, 0.2) is 24.3 Å². The van der Waals surface area contributed by atoms with Gasteiger partial charge in [-0.25, -0.2) is 4.79 Å². The molecule has 2 N–H and O–H groups in total. The van der Waals surface area contributed by atoms with Crippen molar-refractivity contribution in [2.45, 2.75) is 51.2 Å². The summed E-state index contributed by atoms with van der Waals surface area (Å²) in [4.78, 5) is 31.4. The van der Waals surface area contributed by atoms with E-state index in [1.54, 1.807) is 29.2 Å². The molecule has 2 heterocycles. The summed E-state index contributed by atoms with van der Waals surface area (Å²) in [7, 11) is 0. The monoisotopic (exact) mass is 448 g/mol. The fraction of sp³-hybridized carbons (Fsp3) is 0.652. The van der Waals surface area contributed by atoms with Gasteiger partial charge in [0, 0.05) is 49.4 Å². The highest BCUT2D eigenvalue weighted by Crippen LogP contribution is 2.53. The van der Waals surface area contributed by atoms with Gasteiger partial charge in [0.1, 0.15) is 0 Å². The van der Waals surface area contributed by atoms with Crippen molar-refractivity contribution in [1.29, 1.82) is 0 Å². The Balaban J connectivity index is 1.25. The van der Waals surface area contributed by atoms with Gasteiger partial charge in [-0.15, -0.1) is 0 Å². The number of piperidine rings is 1. The van der Waals surface area contributed by atoms with E-state index in [0.717, 1.165) is 32.5 Å². The lowest BCUT2D eigenvalue weighted by atomic mass is 9.90. The number of urea groups is 1. The third-order valence-electron chi connectivity index (χ3n) is 7.13. The van der Waals surface area contributed by atoms with Crippen molar-refractivity contribution in [3.8, 4) is 0 Å². The SMILES string of the molecule is C[C@@H]1CN(CCCN2CCC3(CC3)[C@H](O)C2)C(=O)CCN1C(=O)Nc1cccc(Cl)c1. The highest BCUT2D eigenvalue weighted by molar-refractivity contribution is 6.30. The molecular formula is C23H33ClN4O3. The minimum Gasteiger partial charge on any atom is -0.391 e. The Morgan fingerprint density at radius 1 is 1.23 bits per heavy atom. The van der Waals surface area contributed by atoms with Crippen molar-refractivity contribution >= 4 is 29.2 Å². The second-order valence-electron chi connectivity index (χ2n) is 9.36. The van der Waals surface area contributed by atoms with Gasteiger partial charge in [0.2, 0.25) is 5.91 Å². The average molecular weight is 449 g/mol. The lowest BCUT2D eigenvalue weighted by molar-refractivity contribution is -0.130. The number of hydrogen-bond donors (Lipinski definition) is 2. The number of rotatable bonds is 5. The van der Waals surface area contributed by atoms with E-state index in [1.807, 2.05) is 11.8 Å². The van der Waals surface area contributed by atoms with Crippen LogP contribution in [-0.2, 0) is 4.79 Å². The van der Waals surface area contributed by atoms with Crippen LogP contribution < -0.4 is 5.32 Å². The molecule has 2 atom stereocenters. The van der Waals surface area contributed by atoms with Gasteiger partial charge < -0.3 is 25.1 Å². The summed E-state index contributed by atoms with van der Waals surface area (Å²) in [6.07, 6.45) is 4.44. The van der Waals surface area contributed by atoms with E-state index >= 15 is 0 Å². The summed E-state index contributed by atoms with van der Waals surface area (Å²) in [5.41, 5.74) is 0.871. The summed E-state index contributed by atoms with van der Waals surface area (Å²) in [6, 6.07) is 6.78. The van der Waals surface area contributed by atoms with Gasteiger partial charge in [-0.2, -0.15) is 0 Å². The molecule has 1 aromatic carbocycles. The van der Waals surface area contributed by atoms with Crippen LogP contribution in [0.4, 0.5) is 10.5 Å². The molecule has 2 saturated heterocycles. The maximum atomic E-state index is 12.8. The van der Waals surface area contributed by atoms with Gasteiger partial charge in [0.15, 0.2) is 0 Å². The molecule has 0 aromatic heterocycles. The van der Waals surface area contributed by atoms with E-state index in [-0.39, 0.29) is 29.5 Å². The van der Waals surface area contributed by atoms with Gasteiger partial charge in [-0.3, -0.25) is 4.79 Å². The van der Waals surface area contributed by atoms with E-state index in [4.69, 9.17) is 11.6 Å². The highest BCUT2D eigenvalue weighted by Gasteiger charge is 2.51. The number of likely N-dealkylation sites (tertiary alicyclic amines) is 1. The van der Waals surface area contributed by atoms with Gasteiger partial charge >= 0.3 is 6.03 Å². The molecule has 3 fully saturated rings. The van der Waals surface area contributed by atoms with Crippen LogP contribution in [0.5, 0.6) is 0 Å². The largest absolute Gasteiger partial charge is 0.391 e. The number of benzene rings is 1. The quantitative estimate of drug-likeness (QED) is 0.726. The second-order valence-corrected chi connectivity index (χ2v) is 9.79. The van der Waals surface area contributed by atoms with Crippen molar-refractivity contribution in [1.82, 2.24) is 14.7 Å². The number of aliphatic hydroxyl groups excluding tert-OH is 1. The number of halogens is 1. The summed E-state index contributed by atoms with van der Waals surface area (Å²) in [6.45, 7) is 6.30. The first-order chi connectivity index (χ1) is 14.9. The topological polar surface area (TPSA) is 76.1 Å². The molecule has 1 spiro atoms. The molecule has 7 nitrogen and oxygen atoms in total. The van der Waals surface area contributed by atoms with E-state index in [0.29, 0.717) is 36.8 Å². The summed E-state index contributed by atoms with van der Waals surface area (Å²) in [5.74, 6) is 0.0977. The Labute approximate surface area is 189 Å². The van der Waals surface area contributed by atoms with Crippen LogP contribution in [0.25, 0.3) is 0 Å². The molecule has 4 rings (SSSR count). The van der Waals surface area contributed by atoms with E-state index in [2.05, 4.69) is 10.2 Å². The normalized spacial score (nSPS) is 26.1. The minimum atomic E-state index is -0.208. The zero-order chi connectivity index (χ0) is 22.0. The molecule has 1 saturated carbocycles. The number of carbonyl (C=O) groups excluding carboxylic acids is 2. The standard InChI is InChI=1S/C23H33ClN4O3/c1-17-15-27(11-3-10-26-13-9-23(7-8-23)20(29)16-26)21(30)6-12-28(17)22(31)25-19-5-2-4-18(24)14-19/h2,4-5,14,17,20,29H,3,6-13,15-16H2,1H3,(H,25,31)/t17-,20-/m1/s1. The van der Waals surface area contributed by atoms with Crippen molar-refractivity contribution in [2.24, 2.45) is 5.41 Å². The first kappa shape index (κ1) is 22.4. The zero-order valence-electron chi connectivity index (χ0n) is 18.2. The number of aliphatic hydroxyl groups is 1. The molecule has 31 heavy (non-hydrogen) atoms. The second kappa shape index (κ2) is 9.35. The lowest BCUT2D eigenvalue weighted by Gasteiger charge is -2.36. The fourth-order valence-electron chi connectivity index (χ4n) is 4.90. The number of anilines is 1. The van der Waals surface area contributed by atoms with Crippen LogP contribution in [0.3, 0.4) is 0 Å². The first-order valence-corrected chi connectivity index (χ1v) is 11.8. The lowest BCUT2D eigenvalue weighted by Crippen LogP contribution is -2.46. The summed E-state index contributed by atoms with van der Waals surface area (Å²) >= 11 is 6.00. The highest BCUT2D eigenvalue weighted by atomic mass is 35.5. The van der Waals surface area contributed by atoms with Gasteiger partial charge in [0.05, 0.1) is 6.10 Å². The number of hydrogen-bond acceptors (Lipinski definition) is 4. The third kappa shape index (κ3) is 5.33. The Bertz CT molecular complexity index is 816. The molecule has 1 aromatic rings. The maximum Gasteiger partial charge on any atom is 0.322 e. The summed E-state index contributed by atoms with van der Waals surface area (Å²) < 4.78 is 0. The Kier molecular flexibility index (Phi) is 6.74. The number of nitrogens with one attached hydrogen (secondary N) is 1. The van der Waals surface area contributed by atoms with Crippen molar-refractivity contribution in [2.75, 3.05) is 44.6 Å². The minimum absolute atomic E-state index is 0.0721. The van der Waals surface area contributed by atoms with Crippen LogP contribution in [-0.4, -0.2) is 83.2 Å². The predicted molar refractivity (Wildman–Crippen MR) is 121 cm³/mol. The average Bonchev–Trinajstić information content (AvgIpc) is 3.52. The zero-order valence-corrected chi connectivity index (χ0v) is 19.0. The van der Waals surface area contributed by atoms with Crippen molar-refractivity contribution in [3.05, 3.63) is 29.3 Å². The number of carbonyl (C=O) groups is 2. The number of nitrogens with zero attached hydrogens (tertiary/aromatic N) is 3. The molecule has 0 radical (unpaired) electrons. The smallest absolute Gasteiger partial charge is 0.322 e. The third-order valence-corrected chi connectivity index (χ3v) is 7.37. The molecule has 8 heteroatoms. The van der Waals surface area contributed by atoms with Gasteiger partial charge in [-0.05, 0) is 69.3 Å². The molecule has 170 valence electrons. The predicted octanol–water partition coefficient (Wildman–Crippen LogP) is 3.03. The van der Waals surface area contributed by atoms with Crippen LogP contribution in [0.1, 0.15) is 39.0 Å². The summed E-state index contributed by atoms with van der Waals surface area (Å²) in [5, 5.41) is 13.8. The molecule has 0 bridgehead atoms. The van der Waals surface area contributed by atoms with Crippen LogP contribution in [0.2, 0.25) is 5.02 Å². The molecule has 3 amide bonds. The van der Waals surface area contributed by atoms with E-state index in [9.17, 15) is 14.7 Å². The molecule has 3 aliphatic rings. The first-order valence-electron chi connectivity index (χ1n) is 11.4. The molecule has 0 unspecified atom stereocenters. The fourth-order valence-corrected chi connectivity index (χ4v) is 5.09. The molecule has 2 aliphatic heterocycles. The van der Waals surface area contributed by atoms with Crippen molar-refractivity contribution < 1.29 is 14.7 Å². The maximum absolute atomic E-state index is 12.8. The Morgan fingerprint density at radius 3 is 2.74 bits per heavy atom. The van der Waals surface area contributed by atoms with Crippen molar-refractivity contribution in [3.63, 3.8) is 0 Å². The van der Waals surface area contributed by atoms with Gasteiger partial charge in [0.25, 0.3) is 0 Å². The van der Waals surface area contributed by atoms with Crippen LogP contribution in [0, 0.1) is 5.41 Å². The molecular weight excluding hydrogens is 416 g/mol. The number of amides is 3. The Morgan fingerprint density at radius 2 is 2.03 bits per heavy atom. The molecule has 1 aliphatic carbocycles. The van der Waals surface area contributed by atoms with Gasteiger partial charge in [-0.1, -0.05) is 17.7 Å². The van der Waals surface area contributed by atoms with E-state index in [1.165, 1.54) is 12.8 Å². The Hall–Kier alpha value is -1.83. The number of β-amino-alcohol motifs (C(OH)–C–C–N with tert-alkyl or cyclic N) is 1.